The van der Waals surface area contributed by atoms with Crippen molar-refractivity contribution in [1.82, 2.24) is 10.2 Å². The van der Waals surface area contributed by atoms with E-state index in [1.807, 2.05) is 31.3 Å². The van der Waals surface area contributed by atoms with Gasteiger partial charge in [0.1, 0.15) is 12.4 Å². The lowest BCUT2D eigenvalue weighted by Crippen LogP contribution is -2.54. The van der Waals surface area contributed by atoms with Gasteiger partial charge >= 0.3 is 0 Å². The highest BCUT2D eigenvalue weighted by Gasteiger charge is 2.40. The highest BCUT2D eigenvalue weighted by atomic mass is 79.9. The Balaban J connectivity index is 1.82. The van der Waals surface area contributed by atoms with Gasteiger partial charge in [-0.2, -0.15) is 0 Å². The van der Waals surface area contributed by atoms with Crippen LogP contribution >= 0.6 is 15.9 Å². The Hall–Kier alpha value is -1.07. The molecule has 5 heteroatoms. The monoisotopic (exact) mass is 354 g/mol. The van der Waals surface area contributed by atoms with Crippen LogP contribution in [0.5, 0.6) is 5.75 Å². The van der Waals surface area contributed by atoms with Gasteiger partial charge in [0.05, 0.1) is 12.1 Å². The van der Waals surface area contributed by atoms with Crippen molar-refractivity contribution >= 4 is 21.8 Å². The van der Waals surface area contributed by atoms with E-state index < -0.39 is 0 Å². The minimum atomic E-state index is -0.355. The smallest absolute Gasteiger partial charge is 0.242 e. The Kier molecular flexibility index (Phi) is 5.65. The van der Waals surface area contributed by atoms with Gasteiger partial charge in [0.2, 0.25) is 5.91 Å². The normalized spacial score (nSPS) is 21.3. The van der Waals surface area contributed by atoms with E-state index in [1.165, 1.54) is 0 Å². The molecule has 0 aliphatic carbocycles. The number of carbonyl (C=O) groups is 1. The minimum absolute atomic E-state index is 0.182. The molecule has 116 valence electrons. The quantitative estimate of drug-likeness (QED) is 0.853. The van der Waals surface area contributed by atoms with Crippen molar-refractivity contribution in [1.29, 1.82) is 0 Å². The number of benzene rings is 1. The SMILES string of the molecule is CCC1(C(=O)N(C)CCOc2ccc(Br)cc2)CCCN1. The lowest BCUT2D eigenvalue weighted by Gasteiger charge is -2.31. The molecule has 1 amide bonds. The molecular weight excluding hydrogens is 332 g/mol. The molecule has 1 aliphatic rings. The van der Waals surface area contributed by atoms with E-state index in [4.69, 9.17) is 4.74 Å². The van der Waals surface area contributed by atoms with E-state index in [1.54, 1.807) is 4.90 Å². The van der Waals surface area contributed by atoms with Crippen LogP contribution in [0.4, 0.5) is 0 Å². The summed E-state index contributed by atoms with van der Waals surface area (Å²) < 4.78 is 6.70. The molecule has 0 aromatic heterocycles. The average Bonchev–Trinajstić information content (AvgIpc) is 2.98. The number of amides is 1. The summed E-state index contributed by atoms with van der Waals surface area (Å²) in [4.78, 5) is 14.4. The molecule has 2 rings (SSSR count). The number of rotatable bonds is 6. The molecule has 1 atom stereocenters. The molecule has 4 nitrogen and oxygen atoms in total. The summed E-state index contributed by atoms with van der Waals surface area (Å²) >= 11 is 3.39. The standard InChI is InChI=1S/C16H23BrN2O2/c1-3-16(9-4-10-18-16)15(20)19(2)11-12-21-14-7-5-13(17)6-8-14/h5-8,18H,3-4,9-12H2,1-2H3. The van der Waals surface area contributed by atoms with E-state index in [0.29, 0.717) is 13.2 Å². The predicted molar refractivity (Wildman–Crippen MR) is 87.5 cm³/mol. The molecule has 1 heterocycles. The Morgan fingerprint density at radius 3 is 2.71 bits per heavy atom. The largest absolute Gasteiger partial charge is 0.492 e. The second kappa shape index (κ2) is 7.27. The van der Waals surface area contributed by atoms with E-state index in [2.05, 4.69) is 28.2 Å². The van der Waals surface area contributed by atoms with Crippen molar-refractivity contribution in [3.8, 4) is 5.75 Å². The highest BCUT2D eigenvalue weighted by molar-refractivity contribution is 9.10. The van der Waals surface area contributed by atoms with Gasteiger partial charge in [0.25, 0.3) is 0 Å². The first kappa shape index (κ1) is 16.3. The average molecular weight is 355 g/mol. The molecule has 0 bridgehead atoms. The fourth-order valence-corrected chi connectivity index (χ4v) is 3.00. The van der Waals surface area contributed by atoms with Crippen LogP contribution in [0.1, 0.15) is 26.2 Å². The van der Waals surface area contributed by atoms with Crippen molar-refractivity contribution in [2.75, 3.05) is 26.7 Å². The number of halogens is 1. The second-order valence-electron chi connectivity index (χ2n) is 5.50. The number of hydrogen-bond donors (Lipinski definition) is 1. The third kappa shape index (κ3) is 3.98. The van der Waals surface area contributed by atoms with E-state index in [-0.39, 0.29) is 11.4 Å². The van der Waals surface area contributed by atoms with Crippen LogP contribution in [0, 0.1) is 0 Å². The van der Waals surface area contributed by atoms with Crippen molar-refractivity contribution in [3.05, 3.63) is 28.7 Å². The van der Waals surface area contributed by atoms with Crippen LogP contribution < -0.4 is 10.1 Å². The van der Waals surface area contributed by atoms with E-state index in [9.17, 15) is 4.79 Å². The fourth-order valence-electron chi connectivity index (χ4n) is 2.74. The lowest BCUT2D eigenvalue weighted by molar-refractivity contribution is -0.137. The molecule has 21 heavy (non-hydrogen) atoms. The molecule has 1 N–H and O–H groups in total. The van der Waals surface area contributed by atoms with E-state index >= 15 is 0 Å². The van der Waals surface area contributed by atoms with Crippen LogP contribution in [0.2, 0.25) is 0 Å². The molecular formula is C16H23BrN2O2. The number of nitrogens with zero attached hydrogens (tertiary/aromatic N) is 1. The van der Waals surface area contributed by atoms with Gasteiger partial charge < -0.3 is 15.0 Å². The maximum absolute atomic E-state index is 12.6. The third-order valence-corrected chi connectivity index (χ3v) is 4.64. The van der Waals surface area contributed by atoms with Crippen molar-refractivity contribution in [2.45, 2.75) is 31.7 Å². The lowest BCUT2D eigenvalue weighted by atomic mass is 9.92. The van der Waals surface area contributed by atoms with Gasteiger partial charge in [-0.25, -0.2) is 0 Å². The maximum Gasteiger partial charge on any atom is 0.242 e. The number of nitrogens with one attached hydrogen (secondary N) is 1. The van der Waals surface area contributed by atoms with Crippen molar-refractivity contribution < 1.29 is 9.53 Å². The number of carbonyl (C=O) groups excluding carboxylic acids is 1. The Bertz CT molecular complexity index is 470. The Labute approximate surface area is 135 Å². The summed E-state index contributed by atoms with van der Waals surface area (Å²) in [5.74, 6) is 1.00. The molecule has 1 aromatic rings. The van der Waals surface area contributed by atoms with Crippen molar-refractivity contribution in [3.63, 3.8) is 0 Å². The maximum atomic E-state index is 12.6. The Morgan fingerprint density at radius 1 is 1.43 bits per heavy atom. The van der Waals surface area contributed by atoms with Gasteiger partial charge in [-0.3, -0.25) is 4.79 Å². The first-order valence-electron chi connectivity index (χ1n) is 7.46. The summed E-state index contributed by atoms with van der Waals surface area (Å²) in [7, 11) is 1.85. The van der Waals surface area contributed by atoms with Gasteiger partial charge in [-0.05, 0) is 50.1 Å². The fraction of sp³-hybridized carbons (Fsp3) is 0.562. The first-order valence-corrected chi connectivity index (χ1v) is 8.26. The molecule has 1 aromatic carbocycles. The molecule has 1 unspecified atom stereocenters. The van der Waals surface area contributed by atoms with Crippen LogP contribution in [0.3, 0.4) is 0 Å². The molecule has 0 spiro atoms. The zero-order valence-electron chi connectivity index (χ0n) is 12.7. The molecule has 0 saturated carbocycles. The minimum Gasteiger partial charge on any atom is -0.492 e. The summed E-state index contributed by atoms with van der Waals surface area (Å²) in [6.07, 6.45) is 2.84. The zero-order valence-corrected chi connectivity index (χ0v) is 14.3. The van der Waals surface area contributed by atoms with Gasteiger partial charge in [0, 0.05) is 11.5 Å². The van der Waals surface area contributed by atoms with Crippen molar-refractivity contribution in [2.24, 2.45) is 0 Å². The Morgan fingerprint density at radius 2 is 2.14 bits per heavy atom. The van der Waals surface area contributed by atoms with Gasteiger partial charge in [-0.15, -0.1) is 0 Å². The molecule has 1 aliphatic heterocycles. The highest BCUT2D eigenvalue weighted by Crippen LogP contribution is 2.25. The summed E-state index contributed by atoms with van der Waals surface area (Å²) in [6.45, 7) is 4.10. The number of likely N-dealkylation sites (N-methyl/N-ethyl adjacent to an activating group) is 1. The van der Waals surface area contributed by atoms with Crippen LogP contribution in [-0.4, -0.2) is 43.1 Å². The topological polar surface area (TPSA) is 41.6 Å². The molecule has 0 radical (unpaired) electrons. The summed E-state index contributed by atoms with van der Waals surface area (Å²) in [5.41, 5.74) is -0.355. The summed E-state index contributed by atoms with van der Waals surface area (Å²) in [5, 5.41) is 3.38. The number of ether oxygens (including phenoxy) is 1. The first-order chi connectivity index (χ1) is 10.1. The molecule has 1 fully saturated rings. The third-order valence-electron chi connectivity index (χ3n) is 4.11. The zero-order chi connectivity index (χ0) is 15.3. The van der Waals surface area contributed by atoms with Crippen LogP contribution in [-0.2, 0) is 4.79 Å². The van der Waals surface area contributed by atoms with Crippen LogP contribution in [0.25, 0.3) is 0 Å². The van der Waals surface area contributed by atoms with E-state index in [0.717, 1.165) is 36.0 Å². The second-order valence-corrected chi connectivity index (χ2v) is 6.41. The van der Waals surface area contributed by atoms with Crippen LogP contribution in [0.15, 0.2) is 28.7 Å². The predicted octanol–water partition coefficient (Wildman–Crippen LogP) is 2.82. The summed E-state index contributed by atoms with van der Waals surface area (Å²) in [6, 6.07) is 7.72. The molecule has 1 saturated heterocycles. The number of hydrogen-bond acceptors (Lipinski definition) is 3. The van der Waals surface area contributed by atoms with Gasteiger partial charge in [0.15, 0.2) is 0 Å². The van der Waals surface area contributed by atoms with Gasteiger partial charge in [-0.1, -0.05) is 22.9 Å².